The summed E-state index contributed by atoms with van der Waals surface area (Å²) in [7, 11) is 0. The van der Waals surface area contributed by atoms with Crippen molar-refractivity contribution in [2.24, 2.45) is 0 Å². The lowest BCUT2D eigenvalue weighted by Crippen LogP contribution is -2.41. The van der Waals surface area contributed by atoms with E-state index in [0.29, 0.717) is 19.8 Å². The second-order valence-electron chi connectivity index (χ2n) is 4.12. The van der Waals surface area contributed by atoms with Gasteiger partial charge in [0.05, 0.1) is 13.2 Å². The van der Waals surface area contributed by atoms with E-state index in [1.54, 1.807) is 6.08 Å². The van der Waals surface area contributed by atoms with Crippen molar-refractivity contribution >= 4 is 0 Å². The molecule has 3 nitrogen and oxygen atoms in total. The quantitative estimate of drug-likeness (QED) is 0.542. The van der Waals surface area contributed by atoms with E-state index in [4.69, 9.17) is 14.2 Å². The third kappa shape index (κ3) is 3.36. The summed E-state index contributed by atoms with van der Waals surface area (Å²) in [6, 6.07) is 0. The maximum Gasteiger partial charge on any atom is 0.254 e. The van der Waals surface area contributed by atoms with Gasteiger partial charge in [-0.2, -0.15) is 0 Å². The first kappa shape index (κ1) is 12.2. The highest BCUT2D eigenvalue weighted by atomic mass is 16.7. The van der Waals surface area contributed by atoms with Crippen molar-refractivity contribution in [1.29, 1.82) is 0 Å². The van der Waals surface area contributed by atoms with Crippen LogP contribution >= 0.6 is 0 Å². The predicted molar refractivity (Wildman–Crippen MR) is 65.1 cm³/mol. The van der Waals surface area contributed by atoms with Crippen LogP contribution in [0.15, 0.2) is 24.0 Å². The molecule has 0 radical (unpaired) electrons. The van der Waals surface area contributed by atoms with Crippen LogP contribution in [-0.4, -0.2) is 25.6 Å². The molecule has 1 saturated heterocycles. The molecular formula is C14H18O3. The van der Waals surface area contributed by atoms with Gasteiger partial charge in [0.25, 0.3) is 5.79 Å². The minimum Gasteiger partial charge on any atom is -0.455 e. The Bertz CT molecular complexity index is 365. The molecular weight excluding hydrogens is 216 g/mol. The maximum atomic E-state index is 5.70. The normalized spacial score (nSPS) is 29.1. The Morgan fingerprint density at radius 1 is 1.47 bits per heavy atom. The summed E-state index contributed by atoms with van der Waals surface area (Å²) in [6.45, 7) is 3.81. The summed E-state index contributed by atoms with van der Waals surface area (Å²) in [4.78, 5) is 0. The third-order valence-corrected chi connectivity index (χ3v) is 2.64. The first-order chi connectivity index (χ1) is 8.35. The van der Waals surface area contributed by atoms with Gasteiger partial charge in [-0.15, -0.1) is 0 Å². The zero-order chi connectivity index (χ0) is 12.0. The second-order valence-corrected chi connectivity index (χ2v) is 4.12. The van der Waals surface area contributed by atoms with E-state index >= 15 is 0 Å². The lowest BCUT2D eigenvalue weighted by atomic mass is 10.2. The molecule has 2 aliphatic heterocycles. The van der Waals surface area contributed by atoms with Crippen LogP contribution in [0.4, 0.5) is 0 Å². The molecule has 1 atom stereocenters. The molecule has 3 heteroatoms. The Morgan fingerprint density at radius 2 is 2.41 bits per heavy atom. The van der Waals surface area contributed by atoms with Crippen LogP contribution in [0.2, 0.25) is 0 Å². The van der Waals surface area contributed by atoms with Crippen LogP contribution in [0.5, 0.6) is 0 Å². The van der Waals surface area contributed by atoms with Crippen molar-refractivity contribution in [3.8, 4) is 11.8 Å². The molecule has 0 aromatic carbocycles. The van der Waals surface area contributed by atoms with E-state index in [0.717, 1.165) is 18.6 Å². The van der Waals surface area contributed by atoms with Crippen LogP contribution in [0.1, 0.15) is 26.2 Å². The van der Waals surface area contributed by atoms with Crippen molar-refractivity contribution < 1.29 is 14.2 Å². The number of hydrogen-bond donors (Lipinski definition) is 0. The Hall–Kier alpha value is -1.24. The van der Waals surface area contributed by atoms with Crippen LogP contribution in [0.25, 0.3) is 0 Å². The summed E-state index contributed by atoms with van der Waals surface area (Å²) in [6.07, 6.45) is 8.84. The van der Waals surface area contributed by atoms with Crippen molar-refractivity contribution in [2.75, 3.05) is 19.8 Å². The van der Waals surface area contributed by atoms with Crippen LogP contribution in [-0.2, 0) is 14.2 Å². The van der Waals surface area contributed by atoms with Gasteiger partial charge in [-0.25, -0.2) is 0 Å². The fourth-order valence-corrected chi connectivity index (χ4v) is 1.70. The van der Waals surface area contributed by atoms with E-state index in [1.807, 2.05) is 12.2 Å². The van der Waals surface area contributed by atoms with Crippen molar-refractivity contribution in [2.45, 2.75) is 32.0 Å². The summed E-state index contributed by atoms with van der Waals surface area (Å²) in [5.74, 6) is 6.14. The molecule has 17 heavy (non-hydrogen) atoms. The molecule has 92 valence electrons. The van der Waals surface area contributed by atoms with E-state index in [9.17, 15) is 0 Å². The highest BCUT2D eigenvalue weighted by molar-refractivity contribution is 5.30. The maximum absolute atomic E-state index is 5.70. The van der Waals surface area contributed by atoms with Gasteiger partial charge in [0, 0.05) is 12.5 Å². The smallest absolute Gasteiger partial charge is 0.254 e. The first-order valence-electron chi connectivity index (χ1n) is 6.13. The Labute approximate surface area is 102 Å². The summed E-state index contributed by atoms with van der Waals surface area (Å²) >= 11 is 0. The molecule has 2 heterocycles. The van der Waals surface area contributed by atoms with Gasteiger partial charge >= 0.3 is 0 Å². The molecule has 1 unspecified atom stereocenters. The van der Waals surface area contributed by atoms with Gasteiger partial charge in [-0.05, 0) is 18.6 Å². The molecule has 0 aromatic rings. The second kappa shape index (κ2) is 5.90. The molecule has 2 aliphatic rings. The molecule has 0 aromatic heterocycles. The van der Waals surface area contributed by atoms with Crippen LogP contribution in [0, 0.1) is 11.8 Å². The summed E-state index contributed by atoms with van der Waals surface area (Å²) < 4.78 is 16.6. The average Bonchev–Trinajstić information content (AvgIpc) is 2.73. The number of hydrogen-bond acceptors (Lipinski definition) is 3. The van der Waals surface area contributed by atoms with E-state index < -0.39 is 5.79 Å². The van der Waals surface area contributed by atoms with Gasteiger partial charge in [0.1, 0.15) is 12.4 Å². The summed E-state index contributed by atoms with van der Waals surface area (Å²) in [5, 5.41) is 0. The van der Waals surface area contributed by atoms with Gasteiger partial charge < -0.3 is 14.2 Å². The SMILES string of the molecule is CCCCC#C/C=C1/C=CC2(COCCO2)O1. The lowest BCUT2D eigenvalue weighted by molar-refractivity contribution is -0.239. The Morgan fingerprint density at radius 3 is 3.18 bits per heavy atom. The monoisotopic (exact) mass is 234 g/mol. The molecule has 0 amide bonds. The topological polar surface area (TPSA) is 27.7 Å². The molecule has 0 saturated carbocycles. The summed E-state index contributed by atoms with van der Waals surface area (Å²) in [5.41, 5.74) is 0. The zero-order valence-corrected chi connectivity index (χ0v) is 10.2. The van der Waals surface area contributed by atoms with Gasteiger partial charge in [0.2, 0.25) is 0 Å². The molecule has 0 bridgehead atoms. The van der Waals surface area contributed by atoms with Crippen LogP contribution in [0.3, 0.4) is 0 Å². The fourth-order valence-electron chi connectivity index (χ4n) is 1.70. The fraction of sp³-hybridized carbons (Fsp3) is 0.571. The highest BCUT2D eigenvalue weighted by Crippen LogP contribution is 2.29. The molecule has 0 N–H and O–H groups in total. The van der Waals surface area contributed by atoms with Crippen molar-refractivity contribution in [3.05, 3.63) is 24.0 Å². The van der Waals surface area contributed by atoms with E-state index in [2.05, 4.69) is 18.8 Å². The van der Waals surface area contributed by atoms with E-state index in [-0.39, 0.29) is 0 Å². The standard InChI is InChI=1S/C14H18O3/c1-2-3-4-5-6-7-13-8-9-14(17-13)12-15-10-11-16-14/h7-9H,2-4,10-12H2,1H3/b13-7-. The highest BCUT2D eigenvalue weighted by Gasteiger charge is 2.37. The number of allylic oxidation sites excluding steroid dienone is 2. The van der Waals surface area contributed by atoms with E-state index in [1.165, 1.54) is 6.42 Å². The Balaban J connectivity index is 1.86. The first-order valence-corrected chi connectivity index (χ1v) is 6.13. The number of rotatable bonds is 2. The largest absolute Gasteiger partial charge is 0.455 e. The number of ether oxygens (including phenoxy) is 3. The predicted octanol–water partition coefficient (Wildman–Crippen LogP) is 2.39. The minimum absolute atomic E-state index is 0.449. The van der Waals surface area contributed by atoms with Crippen molar-refractivity contribution in [1.82, 2.24) is 0 Å². The molecule has 2 rings (SSSR count). The van der Waals surface area contributed by atoms with Crippen LogP contribution < -0.4 is 0 Å². The Kier molecular flexibility index (Phi) is 4.24. The van der Waals surface area contributed by atoms with Gasteiger partial charge in [-0.3, -0.25) is 0 Å². The average molecular weight is 234 g/mol. The lowest BCUT2D eigenvalue weighted by Gasteiger charge is -2.31. The van der Waals surface area contributed by atoms with Gasteiger partial charge in [-0.1, -0.05) is 25.2 Å². The van der Waals surface area contributed by atoms with Crippen molar-refractivity contribution in [3.63, 3.8) is 0 Å². The number of unbranched alkanes of at least 4 members (excludes halogenated alkanes) is 2. The molecule has 1 spiro atoms. The minimum atomic E-state index is -0.699. The molecule has 0 aliphatic carbocycles. The third-order valence-electron chi connectivity index (χ3n) is 2.64. The molecule has 1 fully saturated rings. The van der Waals surface area contributed by atoms with Gasteiger partial charge in [0.15, 0.2) is 0 Å². The zero-order valence-electron chi connectivity index (χ0n) is 10.2.